The number of rotatable bonds is 6. The largest absolute Gasteiger partial charge is 0.497 e. The summed E-state index contributed by atoms with van der Waals surface area (Å²) in [5, 5.41) is 3.68. The van der Waals surface area contributed by atoms with Crippen molar-refractivity contribution >= 4 is 23.6 Å². The highest BCUT2D eigenvalue weighted by Crippen LogP contribution is 2.23. The van der Waals surface area contributed by atoms with Gasteiger partial charge in [-0.3, -0.25) is 4.79 Å². The number of imidazole rings is 1. The van der Waals surface area contributed by atoms with Crippen molar-refractivity contribution in [3.05, 3.63) is 89.0 Å². The van der Waals surface area contributed by atoms with E-state index in [4.69, 9.17) is 16.3 Å². The molecule has 0 radical (unpaired) electrons. The van der Waals surface area contributed by atoms with Crippen molar-refractivity contribution in [1.82, 2.24) is 14.9 Å². The monoisotopic (exact) mass is 381 g/mol. The van der Waals surface area contributed by atoms with Gasteiger partial charge in [-0.25, -0.2) is 4.98 Å². The minimum absolute atomic E-state index is 0.214. The topological polar surface area (TPSA) is 56.1 Å². The van der Waals surface area contributed by atoms with E-state index in [-0.39, 0.29) is 11.9 Å². The number of halogens is 1. The summed E-state index contributed by atoms with van der Waals surface area (Å²) < 4.78 is 7.10. The fraction of sp³-hybridized carbons (Fsp3) is 0.143. The Labute approximate surface area is 163 Å². The molecular weight excluding hydrogens is 362 g/mol. The highest BCUT2D eigenvalue weighted by molar-refractivity contribution is 6.30. The lowest BCUT2D eigenvalue weighted by atomic mass is 10.1. The van der Waals surface area contributed by atoms with Crippen LogP contribution >= 0.6 is 11.6 Å². The van der Waals surface area contributed by atoms with Crippen LogP contribution in [0.3, 0.4) is 0 Å². The Kier molecular flexibility index (Phi) is 5.94. The van der Waals surface area contributed by atoms with E-state index in [1.165, 1.54) is 6.08 Å². The molecule has 1 aromatic heterocycles. The average Bonchev–Trinajstić information content (AvgIpc) is 3.11. The number of aryl methyl sites for hydroxylation is 1. The molecule has 2 aromatic carbocycles. The molecule has 0 aliphatic rings. The fourth-order valence-electron chi connectivity index (χ4n) is 2.68. The molecule has 0 saturated heterocycles. The third-order valence-electron chi connectivity index (χ3n) is 4.15. The quantitative estimate of drug-likeness (QED) is 0.656. The highest BCUT2D eigenvalue weighted by Gasteiger charge is 2.19. The number of methoxy groups -OCH3 is 1. The van der Waals surface area contributed by atoms with Gasteiger partial charge in [0.05, 0.1) is 7.11 Å². The molecular formula is C21H20ClN3O2. The molecule has 1 amide bonds. The lowest BCUT2D eigenvalue weighted by molar-refractivity contribution is -0.117. The summed E-state index contributed by atoms with van der Waals surface area (Å²) in [6, 6.07) is 14.5. The van der Waals surface area contributed by atoms with Crippen molar-refractivity contribution in [2.45, 2.75) is 6.04 Å². The third-order valence-corrected chi connectivity index (χ3v) is 4.40. The number of hydrogen-bond donors (Lipinski definition) is 1. The standard InChI is InChI=1S/C21H20ClN3O2/c1-25-14-13-23-21(25)20(16-6-10-18(27-2)11-7-16)24-19(26)12-5-15-3-8-17(22)9-4-15/h3-14,20H,1-2H3,(H,24,26)/b12-5+. The van der Waals surface area contributed by atoms with E-state index in [0.717, 1.165) is 22.7 Å². The zero-order chi connectivity index (χ0) is 19.2. The van der Waals surface area contributed by atoms with E-state index in [1.807, 2.05) is 54.2 Å². The average molecular weight is 382 g/mol. The van der Waals surface area contributed by atoms with Crippen LogP contribution in [0.25, 0.3) is 6.08 Å². The van der Waals surface area contributed by atoms with Crippen LogP contribution < -0.4 is 10.1 Å². The fourth-order valence-corrected chi connectivity index (χ4v) is 2.81. The molecule has 3 rings (SSSR count). The normalized spacial score (nSPS) is 12.1. The van der Waals surface area contributed by atoms with Crippen LogP contribution in [0.1, 0.15) is 23.0 Å². The second-order valence-electron chi connectivity index (χ2n) is 6.00. The molecule has 1 atom stereocenters. The molecule has 27 heavy (non-hydrogen) atoms. The van der Waals surface area contributed by atoms with Gasteiger partial charge in [0.25, 0.3) is 0 Å². The van der Waals surface area contributed by atoms with Gasteiger partial charge in [0.2, 0.25) is 5.91 Å². The predicted molar refractivity (Wildman–Crippen MR) is 107 cm³/mol. The molecule has 0 saturated carbocycles. The van der Waals surface area contributed by atoms with E-state index in [1.54, 1.807) is 31.5 Å². The Morgan fingerprint density at radius 1 is 1.19 bits per heavy atom. The first-order valence-electron chi connectivity index (χ1n) is 8.42. The number of amides is 1. The SMILES string of the molecule is COc1ccc(C(NC(=O)/C=C/c2ccc(Cl)cc2)c2nccn2C)cc1. The Morgan fingerprint density at radius 3 is 2.48 bits per heavy atom. The van der Waals surface area contributed by atoms with Gasteiger partial charge in [0.1, 0.15) is 17.6 Å². The van der Waals surface area contributed by atoms with Gasteiger partial charge in [0, 0.05) is 30.5 Å². The van der Waals surface area contributed by atoms with Crippen LogP contribution in [0.4, 0.5) is 0 Å². The zero-order valence-electron chi connectivity index (χ0n) is 15.1. The van der Waals surface area contributed by atoms with Gasteiger partial charge < -0.3 is 14.6 Å². The Balaban J connectivity index is 1.81. The van der Waals surface area contributed by atoms with E-state index < -0.39 is 0 Å². The van der Waals surface area contributed by atoms with Gasteiger partial charge >= 0.3 is 0 Å². The molecule has 0 spiro atoms. The lowest BCUT2D eigenvalue weighted by Crippen LogP contribution is -2.29. The predicted octanol–water partition coefficient (Wildman–Crippen LogP) is 4.00. The van der Waals surface area contributed by atoms with Crippen molar-refractivity contribution in [2.24, 2.45) is 7.05 Å². The Morgan fingerprint density at radius 2 is 1.89 bits per heavy atom. The first-order chi connectivity index (χ1) is 13.1. The van der Waals surface area contributed by atoms with Crippen molar-refractivity contribution in [3.63, 3.8) is 0 Å². The van der Waals surface area contributed by atoms with Crippen molar-refractivity contribution < 1.29 is 9.53 Å². The van der Waals surface area contributed by atoms with E-state index in [2.05, 4.69) is 10.3 Å². The van der Waals surface area contributed by atoms with Crippen LogP contribution in [-0.4, -0.2) is 22.6 Å². The first kappa shape index (κ1) is 18.7. The molecule has 6 heteroatoms. The molecule has 5 nitrogen and oxygen atoms in total. The summed E-state index contributed by atoms with van der Waals surface area (Å²) in [7, 11) is 3.52. The number of aromatic nitrogens is 2. The molecule has 0 bridgehead atoms. The third kappa shape index (κ3) is 4.77. The molecule has 1 heterocycles. The summed E-state index contributed by atoms with van der Waals surface area (Å²) in [5.41, 5.74) is 1.81. The maximum absolute atomic E-state index is 12.5. The number of nitrogens with one attached hydrogen (secondary N) is 1. The van der Waals surface area contributed by atoms with Gasteiger partial charge in [-0.15, -0.1) is 0 Å². The number of benzene rings is 2. The summed E-state index contributed by atoms with van der Waals surface area (Å²) in [4.78, 5) is 16.9. The van der Waals surface area contributed by atoms with E-state index in [9.17, 15) is 4.79 Å². The molecule has 1 N–H and O–H groups in total. The van der Waals surface area contributed by atoms with Crippen molar-refractivity contribution in [1.29, 1.82) is 0 Å². The van der Waals surface area contributed by atoms with Crippen LogP contribution in [0.5, 0.6) is 5.75 Å². The van der Waals surface area contributed by atoms with E-state index >= 15 is 0 Å². The zero-order valence-corrected chi connectivity index (χ0v) is 15.9. The number of nitrogens with zero attached hydrogens (tertiary/aromatic N) is 2. The number of hydrogen-bond acceptors (Lipinski definition) is 3. The maximum Gasteiger partial charge on any atom is 0.244 e. The molecule has 138 valence electrons. The molecule has 0 aliphatic heterocycles. The van der Waals surface area contributed by atoms with Gasteiger partial charge in [0.15, 0.2) is 0 Å². The number of ether oxygens (including phenoxy) is 1. The minimum atomic E-state index is -0.377. The Hall–Kier alpha value is -3.05. The van der Waals surface area contributed by atoms with Gasteiger partial charge in [-0.05, 0) is 41.5 Å². The second kappa shape index (κ2) is 8.56. The highest BCUT2D eigenvalue weighted by atomic mass is 35.5. The van der Waals surface area contributed by atoms with Crippen LogP contribution in [0.15, 0.2) is 67.0 Å². The molecule has 3 aromatic rings. The summed E-state index contributed by atoms with van der Waals surface area (Å²) in [6.45, 7) is 0. The maximum atomic E-state index is 12.5. The van der Waals surface area contributed by atoms with E-state index in [0.29, 0.717) is 5.02 Å². The lowest BCUT2D eigenvalue weighted by Gasteiger charge is -2.18. The summed E-state index contributed by atoms with van der Waals surface area (Å²) in [5.74, 6) is 1.29. The van der Waals surface area contributed by atoms with Crippen LogP contribution in [-0.2, 0) is 11.8 Å². The number of carbonyl (C=O) groups is 1. The van der Waals surface area contributed by atoms with Crippen molar-refractivity contribution in [3.8, 4) is 5.75 Å². The summed E-state index contributed by atoms with van der Waals surface area (Å²) >= 11 is 5.88. The minimum Gasteiger partial charge on any atom is -0.497 e. The number of carbonyl (C=O) groups excluding carboxylic acids is 1. The van der Waals surface area contributed by atoms with Crippen LogP contribution in [0.2, 0.25) is 5.02 Å². The molecule has 0 fully saturated rings. The second-order valence-corrected chi connectivity index (χ2v) is 6.43. The van der Waals surface area contributed by atoms with Crippen molar-refractivity contribution in [2.75, 3.05) is 7.11 Å². The molecule has 0 aliphatic carbocycles. The smallest absolute Gasteiger partial charge is 0.244 e. The Bertz CT molecular complexity index is 931. The van der Waals surface area contributed by atoms with Gasteiger partial charge in [-0.1, -0.05) is 35.9 Å². The first-order valence-corrected chi connectivity index (χ1v) is 8.80. The van der Waals surface area contributed by atoms with Gasteiger partial charge in [-0.2, -0.15) is 0 Å². The van der Waals surface area contributed by atoms with Crippen LogP contribution in [0, 0.1) is 0 Å². The molecule has 1 unspecified atom stereocenters. The summed E-state index contributed by atoms with van der Waals surface area (Å²) in [6.07, 6.45) is 6.81.